The largest absolute Gasteiger partial charge is 0.459 e. The highest BCUT2D eigenvalue weighted by molar-refractivity contribution is 5.82. The van der Waals surface area contributed by atoms with Gasteiger partial charge in [0.2, 0.25) is 12.2 Å². The van der Waals surface area contributed by atoms with Gasteiger partial charge in [-0.3, -0.25) is 4.79 Å². The van der Waals surface area contributed by atoms with Crippen LogP contribution in [0.2, 0.25) is 0 Å². The number of nitrogens with zero attached hydrogens (tertiary/aromatic N) is 3. The minimum Gasteiger partial charge on any atom is -0.459 e. The summed E-state index contributed by atoms with van der Waals surface area (Å²) >= 11 is 0. The number of hydrogen-bond donors (Lipinski definition) is 2. The first kappa shape index (κ1) is 26.5. The highest BCUT2D eigenvalue weighted by Gasteiger charge is 2.40. The van der Waals surface area contributed by atoms with Gasteiger partial charge in [0, 0.05) is 18.3 Å². The van der Waals surface area contributed by atoms with Crippen LogP contribution < -0.4 is 10.1 Å². The van der Waals surface area contributed by atoms with Gasteiger partial charge in [0.25, 0.3) is 0 Å². The number of benzene rings is 2. The van der Waals surface area contributed by atoms with Gasteiger partial charge in [-0.25, -0.2) is 14.4 Å². The maximum absolute atomic E-state index is 13.7. The first-order valence-electron chi connectivity index (χ1n) is 12.8. The van der Waals surface area contributed by atoms with Crippen LogP contribution in [0.3, 0.4) is 0 Å². The molecule has 3 heterocycles. The zero-order valence-corrected chi connectivity index (χ0v) is 21.8. The molecular weight excluding hydrogens is 501 g/mol. The average molecular weight is 532 g/mol. The topological polar surface area (TPSA) is 111 Å². The van der Waals surface area contributed by atoms with Gasteiger partial charge in [-0.15, -0.1) is 0 Å². The summed E-state index contributed by atoms with van der Waals surface area (Å²) in [6.45, 7) is 5.05. The van der Waals surface area contributed by atoms with Gasteiger partial charge in [0.1, 0.15) is 12.4 Å². The molecule has 1 aliphatic heterocycles. The Bertz CT molecular complexity index is 1400. The molecule has 10 heteroatoms. The van der Waals surface area contributed by atoms with Gasteiger partial charge in [0.15, 0.2) is 5.82 Å². The van der Waals surface area contributed by atoms with E-state index in [4.69, 9.17) is 19.2 Å². The molecule has 2 N–H and O–H groups in total. The molecule has 4 aromatic rings. The highest BCUT2D eigenvalue weighted by atomic mass is 19.1. The predicted octanol–water partition coefficient (Wildman–Crippen LogP) is 4.83. The molecule has 1 amide bonds. The van der Waals surface area contributed by atoms with Crippen molar-refractivity contribution in [3.63, 3.8) is 0 Å². The third kappa shape index (κ3) is 6.13. The van der Waals surface area contributed by atoms with Crippen LogP contribution >= 0.6 is 0 Å². The van der Waals surface area contributed by atoms with Gasteiger partial charge in [-0.05, 0) is 49.2 Å². The number of ether oxygens (including phenoxy) is 3. The molecule has 0 spiro atoms. The number of aromatic amines is 1. The Balaban J connectivity index is 1.41. The van der Waals surface area contributed by atoms with Crippen molar-refractivity contribution in [2.45, 2.75) is 33.2 Å². The monoisotopic (exact) mass is 531 g/mol. The Morgan fingerprint density at radius 1 is 1.10 bits per heavy atom. The number of carbonyl (C=O) groups is 1. The van der Waals surface area contributed by atoms with E-state index < -0.39 is 11.7 Å². The summed E-state index contributed by atoms with van der Waals surface area (Å²) in [5.74, 6) is -0.0565. The minimum atomic E-state index is -0.819. The number of hydrogen-bond acceptors (Lipinski definition) is 7. The van der Waals surface area contributed by atoms with E-state index in [1.165, 1.54) is 12.1 Å². The van der Waals surface area contributed by atoms with Crippen LogP contribution in [-0.2, 0) is 20.9 Å². The van der Waals surface area contributed by atoms with E-state index >= 15 is 0 Å². The second kappa shape index (κ2) is 11.7. The van der Waals surface area contributed by atoms with E-state index in [1.54, 1.807) is 24.4 Å². The Kier molecular flexibility index (Phi) is 7.94. The maximum atomic E-state index is 13.7. The van der Waals surface area contributed by atoms with Gasteiger partial charge >= 0.3 is 6.01 Å². The molecule has 5 rings (SSSR count). The van der Waals surface area contributed by atoms with E-state index in [2.05, 4.69) is 20.3 Å². The zero-order chi connectivity index (χ0) is 27.2. The van der Waals surface area contributed by atoms with Gasteiger partial charge in [0.05, 0.1) is 35.7 Å². The molecule has 39 heavy (non-hydrogen) atoms. The van der Waals surface area contributed by atoms with E-state index in [1.807, 2.05) is 44.2 Å². The van der Waals surface area contributed by atoms with Gasteiger partial charge < -0.3 is 24.5 Å². The van der Waals surface area contributed by atoms with Crippen molar-refractivity contribution in [2.24, 2.45) is 5.41 Å². The van der Waals surface area contributed by atoms with Gasteiger partial charge in [-0.1, -0.05) is 37.3 Å². The smallest absolute Gasteiger partial charge is 0.317 e. The molecule has 0 aliphatic carbocycles. The molecule has 1 aliphatic rings. The van der Waals surface area contributed by atoms with Crippen molar-refractivity contribution in [1.82, 2.24) is 25.3 Å². The van der Waals surface area contributed by atoms with Crippen LogP contribution in [-0.4, -0.2) is 45.6 Å². The average Bonchev–Trinajstić information content (AvgIpc) is 3.42. The Morgan fingerprint density at radius 2 is 1.85 bits per heavy atom. The summed E-state index contributed by atoms with van der Waals surface area (Å²) in [7, 11) is 0. The summed E-state index contributed by atoms with van der Waals surface area (Å²) in [5, 5.41) is 2.90. The maximum Gasteiger partial charge on any atom is 0.317 e. The number of aromatic nitrogens is 4. The lowest BCUT2D eigenvalue weighted by atomic mass is 9.91. The van der Waals surface area contributed by atoms with Crippen molar-refractivity contribution < 1.29 is 23.4 Å². The summed E-state index contributed by atoms with van der Waals surface area (Å²) < 4.78 is 31.4. The van der Waals surface area contributed by atoms with Crippen molar-refractivity contribution in [2.75, 3.05) is 19.8 Å². The standard InChI is InChI=1S/C29H30FN5O4/c1-3-14-31-27(36)29(2)17-38-26(39-18-29)25-34-23(20-9-11-21(30)12-10-20)24(35-25)22-13-15-32-28(33-22)37-16-19-7-5-4-6-8-19/h4-13,15,26H,3,14,16-18H2,1-2H3,(H,31,36)(H,34,35). The molecular formula is C29H30FN5O4. The molecule has 0 radical (unpaired) electrons. The summed E-state index contributed by atoms with van der Waals surface area (Å²) in [6.07, 6.45) is 1.63. The molecule has 0 saturated carbocycles. The van der Waals surface area contributed by atoms with Crippen LogP contribution in [0.4, 0.5) is 4.39 Å². The van der Waals surface area contributed by atoms with Crippen LogP contribution in [0.25, 0.3) is 22.6 Å². The molecule has 9 nitrogen and oxygen atoms in total. The summed E-state index contributed by atoms with van der Waals surface area (Å²) in [4.78, 5) is 29.4. The lowest BCUT2D eigenvalue weighted by Gasteiger charge is -2.35. The Morgan fingerprint density at radius 3 is 2.56 bits per heavy atom. The number of rotatable bonds is 9. The normalized spacial score (nSPS) is 19.0. The van der Waals surface area contributed by atoms with Crippen molar-refractivity contribution in [1.29, 1.82) is 0 Å². The van der Waals surface area contributed by atoms with E-state index in [0.717, 1.165) is 12.0 Å². The number of nitrogens with one attached hydrogen (secondary N) is 2. The fourth-order valence-electron chi connectivity index (χ4n) is 4.13. The summed E-state index contributed by atoms with van der Waals surface area (Å²) in [5.41, 5.74) is 2.51. The van der Waals surface area contributed by atoms with Crippen LogP contribution in [0.15, 0.2) is 66.9 Å². The highest BCUT2D eigenvalue weighted by Crippen LogP contribution is 2.35. The lowest BCUT2D eigenvalue weighted by Crippen LogP contribution is -2.48. The molecule has 1 saturated heterocycles. The first-order chi connectivity index (χ1) is 18.9. The van der Waals surface area contributed by atoms with Gasteiger partial charge in [-0.2, -0.15) is 4.98 Å². The summed E-state index contributed by atoms with van der Waals surface area (Å²) in [6, 6.07) is 17.7. The van der Waals surface area contributed by atoms with Crippen molar-refractivity contribution in [3.8, 4) is 28.7 Å². The van der Waals surface area contributed by atoms with Crippen LogP contribution in [0, 0.1) is 11.2 Å². The number of imidazole rings is 1. The molecule has 0 bridgehead atoms. The lowest BCUT2D eigenvalue weighted by molar-refractivity contribution is -0.231. The minimum absolute atomic E-state index is 0.112. The van der Waals surface area contributed by atoms with E-state index in [9.17, 15) is 9.18 Å². The third-order valence-corrected chi connectivity index (χ3v) is 6.35. The fourth-order valence-corrected chi connectivity index (χ4v) is 4.13. The first-order valence-corrected chi connectivity index (χ1v) is 12.8. The number of carbonyl (C=O) groups excluding carboxylic acids is 1. The van der Waals surface area contributed by atoms with E-state index in [-0.39, 0.29) is 30.9 Å². The molecule has 0 unspecified atom stereocenters. The fraction of sp³-hybridized carbons (Fsp3) is 0.310. The quantitative estimate of drug-likeness (QED) is 0.318. The predicted molar refractivity (Wildman–Crippen MR) is 142 cm³/mol. The number of halogens is 1. The van der Waals surface area contributed by atoms with Crippen LogP contribution in [0.1, 0.15) is 37.9 Å². The second-order valence-corrected chi connectivity index (χ2v) is 9.62. The van der Waals surface area contributed by atoms with Crippen LogP contribution in [0.5, 0.6) is 6.01 Å². The van der Waals surface area contributed by atoms with Crippen molar-refractivity contribution >= 4 is 5.91 Å². The second-order valence-electron chi connectivity index (χ2n) is 9.62. The number of amides is 1. The zero-order valence-electron chi connectivity index (χ0n) is 21.8. The van der Waals surface area contributed by atoms with Crippen molar-refractivity contribution in [3.05, 3.63) is 84.1 Å². The molecule has 0 atom stereocenters. The van der Waals surface area contributed by atoms with E-state index in [0.29, 0.717) is 41.6 Å². The molecule has 2 aromatic carbocycles. The molecule has 1 fully saturated rings. The third-order valence-electron chi connectivity index (χ3n) is 6.35. The molecule has 202 valence electrons. The molecule has 2 aromatic heterocycles. The Labute approximate surface area is 225 Å². The SMILES string of the molecule is CCCNC(=O)C1(C)COC(c2nc(-c3ccc(F)cc3)c(-c3ccnc(OCc4ccccc4)n3)[nH]2)OC1. The Hall–Kier alpha value is -4.15. The number of H-pyrrole nitrogens is 1.